The molecule has 0 N–H and O–H groups in total. The maximum atomic E-state index is 12.5. The zero-order valence-corrected chi connectivity index (χ0v) is 13.5. The molecule has 3 heteroatoms. The topological polar surface area (TPSA) is 17.1 Å². The van der Waals surface area contributed by atoms with Gasteiger partial charge in [-0.3, -0.25) is 4.79 Å². The van der Waals surface area contributed by atoms with E-state index in [1.54, 1.807) is 11.3 Å². The summed E-state index contributed by atoms with van der Waals surface area (Å²) in [7, 11) is 0. The van der Waals surface area contributed by atoms with Crippen LogP contribution in [0.25, 0.3) is 0 Å². The Morgan fingerprint density at radius 1 is 1.26 bits per heavy atom. The van der Waals surface area contributed by atoms with E-state index in [2.05, 4.69) is 58.3 Å². The Morgan fingerprint density at radius 3 is 2.84 bits per heavy atom. The maximum Gasteiger partial charge on any atom is 0.144 e. The third kappa shape index (κ3) is 2.92. The molecule has 1 atom stereocenters. The van der Waals surface area contributed by atoms with Crippen LogP contribution in [-0.2, 0) is 17.6 Å². The normalized spacial score (nSPS) is 18.1. The van der Waals surface area contributed by atoms with Gasteiger partial charge in [0.05, 0.1) is 0 Å². The molecule has 1 nitrogen and oxygen atoms in total. The van der Waals surface area contributed by atoms with Gasteiger partial charge in [0.1, 0.15) is 5.78 Å². The molecule has 1 unspecified atom stereocenters. The quantitative estimate of drug-likeness (QED) is 0.710. The van der Waals surface area contributed by atoms with Crippen LogP contribution in [0, 0.1) is 3.57 Å². The molecule has 0 saturated heterocycles. The molecule has 0 amide bonds. The molecule has 0 fully saturated rings. The second-order valence-electron chi connectivity index (χ2n) is 5.01. The number of carbonyl (C=O) groups excluding carboxylic acids is 1. The number of fused-ring (bicyclic) bond motifs is 1. The molecule has 0 aliphatic heterocycles. The molecule has 3 rings (SSSR count). The lowest BCUT2D eigenvalue weighted by Gasteiger charge is -2.21. The zero-order valence-electron chi connectivity index (χ0n) is 10.6. The monoisotopic (exact) mass is 382 g/mol. The summed E-state index contributed by atoms with van der Waals surface area (Å²) in [6, 6.07) is 10.4. The van der Waals surface area contributed by atoms with Gasteiger partial charge >= 0.3 is 0 Å². The van der Waals surface area contributed by atoms with E-state index in [0.717, 1.165) is 24.8 Å². The molecule has 19 heavy (non-hydrogen) atoms. The van der Waals surface area contributed by atoms with E-state index in [0.29, 0.717) is 12.2 Å². The summed E-state index contributed by atoms with van der Waals surface area (Å²) >= 11 is 4.09. The van der Waals surface area contributed by atoms with Crippen LogP contribution >= 0.6 is 33.9 Å². The molecule has 0 bridgehead atoms. The third-order valence-electron chi connectivity index (χ3n) is 3.73. The van der Waals surface area contributed by atoms with Gasteiger partial charge in [-0.25, -0.2) is 0 Å². The summed E-state index contributed by atoms with van der Waals surface area (Å²) in [5, 5.41) is 2.13. The second-order valence-corrected chi connectivity index (χ2v) is 7.26. The molecule has 1 heterocycles. The Hall–Kier alpha value is -0.680. The molecule has 0 radical (unpaired) electrons. The molecule has 2 aromatic rings. The lowest BCUT2D eigenvalue weighted by molar-refractivity contribution is -0.120. The van der Waals surface area contributed by atoms with Crippen molar-refractivity contribution in [2.24, 2.45) is 0 Å². The number of carbonyl (C=O) groups is 1. The largest absolute Gasteiger partial charge is 0.299 e. The molecule has 0 saturated carbocycles. The summed E-state index contributed by atoms with van der Waals surface area (Å²) < 4.78 is 1.21. The van der Waals surface area contributed by atoms with Gasteiger partial charge in [0.25, 0.3) is 0 Å². The minimum Gasteiger partial charge on any atom is -0.299 e. The predicted molar refractivity (Wildman–Crippen MR) is 87.9 cm³/mol. The number of aryl methyl sites for hydroxylation is 1. The van der Waals surface area contributed by atoms with Crippen molar-refractivity contribution in [2.45, 2.75) is 31.6 Å². The van der Waals surface area contributed by atoms with E-state index >= 15 is 0 Å². The highest BCUT2D eigenvalue weighted by atomic mass is 127. The van der Waals surface area contributed by atoms with E-state index in [9.17, 15) is 4.79 Å². The predicted octanol–water partition coefficient (Wildman–Crippen LogP) is 4.58. The SMILES string of the molecule is O=C(Cc1ccc(I)cc1)C1CCCc2sccc21. The first kappa shape index (κ1) is 13.3. The van der Waals surface area contributed by atoms with Crippen LogP contribution in [0.15, 0.2) is 35.7 Å². The Bertz CT molecular complexity index is 585. The van der Waals surface area contributed by atoms with Crippen molar-refractivity contribution < 1.29 is 4.79 Å². The van der Waals surface area contributed by atoms with Crippen LogP contribution in [0.2, 0.25) is 0 Å². The molecule has 1 aromatic carbocycles. The van der Waals surface area contributed by atoms with Gasteiger partial charge in [-0.2, -0.15) is 0 Å². The van der Waals surface area contributed by atoms with Gasteiger partial charge in [0.2, 0.25) is 0 Å². The molecular weight excluding hydrogens is 367 g/mol. The molecule has 1 aliphatic carbocycles. The molecular formula is C16H15IOS. The van der Waals surface area contributed by atoms with Gasteiger partial charge < -0.3 is 0 Å². The van der Waals surface area contributed by atoms with Crippen LogP contribution in [0.4, 0.5) is 0 Å². The van der Waals surface area contributed by atoms with E-state index < -0.39 is 0 Å². The van der Waals surface area contributed by atoms with Gasteiger partial charge in [-0.1, -0.05) is 12.1 Å². The number of ketones is 1. The van der Waals surface area contributed by atoms with Crippen molar-refractivity contribution in [3.63, 3.8) is 0 Å². The van der Waals surface area contributed by atoms with Crippen molar-refractivity contribution >= 4 is 39.7 Å². The zero-order chi connectivity index (χ0) is 13.2. The number of thiophene rings is 1. The van der Waals surface area contributed by atoms with E-state index in [1.807, 2.05) is 0 Å². The van der Waals surface area contributed by atoms with Crippen LogP contribution in [-0.4, -0.2) is 5.78 Å². The van der Waals surface area contributed by atoms with Gasteiger partial charge in [0.15, 0.2) is 0 Å². The summed E-state index contributed by atoms with van der Waals surface area (Å²) in [6.07, 6.45) is 3.89. The number of Topliss-reactive ketones (excluding diaryl/α,β-unsaturated/α-hetero) is 1. The maximum absolute atomic E-state index is 12.5. The van der Waals surface area contributed by atoms with Crippen molar-refractivity contribution in [2.75, 3.05) is 0 Å². The molecule has 1 aromatic heterocycles. The Kier molecular flexibility index (Phi) is 4.03. The lowest BCUT2D eigenvalue weighted by atomic mass is 9.83. The first-order chi connectivity index (χ1) is 9.24. The van der Waals surface area contributed by atoms with Gasteiger partial charge in [0, 0.05) is 20.8 Å². The third-order valence-corrected chi connectivity index (χ3v) is 5.45. The highest BCUT2D eigenvalue weighted by molar-refractivity contribution is 14.1. The first-order valence-electron chi connectivity index (χ1n) is 6.57. The van der Waals surface area contributed by atoms with Crippen molar-refractivity contribution in [3.05, 3.63) is 55.3 Å². The molecule has 1 aliphatic rings. The number of hydrogen-bond acceptors (Lipinski definition) is 2. The number of benzene rings is 1. The summed E-state index contributed by atoms with van der Waals surface area (Å²) in [5.41, 5.74) is 2.43. The first-order valence-corrected chi connectivity index (χ1v) is 8.53. The fourth-order valence-electron chi connectivity index (χ4n) is 2.75. The van der Waals surface area contributed by atoms with Crippen molar-refractivity contribution in [3.8, 4) is 0 Å². The molecule has 98 valence electrons. The Balaban J connectivity index is 1.77. The Morgan fingerprint density at radius 2 is 2.05 bits per heavy atom. The highest BCUT2D eigenvalue weighted by Gasteiger charge is 2.26. The summed E-state index contributed by atoms with van der Waals surface area (Å²) in [4.78, 5) is 13.9. The van der Waals surface area contributed by atoms with E-state index in [4.69, 9.17) is 0 Å². The summed E-state index contributed by atoms with van der Waals surface area (Å²) in [5.74, 6) is 0.509. The fraction of sp³-hybridized carbons (Fsp3) is 0.312. The summed E-state index contributed by atoms with van der Waals surface area (Å²) in [6.45, 7) is 0. The average Bonchev–Trinajstić information content (AvgIpc) is 2.89. The van der Waals surface area contributed by atoms with Crippen LogP contribution in [0.1, 0.15) is 34.8 Å². The van der Waals surface area contributed by atoms with Gasteiger partial charge in [-0.15, -0.1) is 11.3 Å². The lowest BCUT2D eigenvalue weighted by Crippen LogP contribution is -2.18. The average molecular weight is 382 g/mol. The van der Waals surface area contributed by atoms with E-state index in [1.165, 1.54) is 14.0 Å². The standard InChI is InChI=1S/C16H15IOS/c17-12-6-4-11(5-7-12)10-15(18)13-2-1-3-16-14(13)8-9-19-16/h4-9,13H,1-3,10H2. The Labute approximate surface area is 131 Å². The fourth-order valence-corrected chi connectivity index (χ4v) is 4.09. The van der Waals surface area contributed by atoms with E-state index in [-0.39, 0.29) is 5.92 Å². The second kappa shape index (κ2) is 5.75. The van der Waals surface area contributed by atoms with Crippen molar-refractivity contribution in [1.82, 2.24) is 0 Å². The van der Waals surface area contributed by atoms with Crippen LogP contribution in [0.5, 0.6) is 0 Å². The van der Waals surface area contributed by atoms with Gasteiger partial charge in [-0.05, 0) is 76.6 Å². The molecule has 0 spiro atoms. The number of hydrogen-bond donors (Lipinski definition) is 0. The van der Waals surface area contributed by atoms with Crippen LogP contribution in [0.3, 0.4) is 0 Å². The van der Waals surface area contributed by atoms with Crippen molar-refractivity contribution in [1.29, 1.82) is 0 Å². The minimum atomic E-state index is 0.134. The number of halogens is 1. The van der Waals surface area contributed by atoms with Crippen LogP contribution < -0.4 is 0 Å². The highest BCUT2D eigenvalue weighted by Crippen LogP contribution is 2.36. The minimum absolute atomic E-state index is 0.134. The smallest absolute Gasteiger partial charge is 0.144 e. The number of rotatable bonds is 3.